The molecule has 7 rings (SSSR count). The van der Waals surface area contributed by atoms with E-state index in [1.54, 1.807) is 97.1 Å². The molecule has 0 radical (unpaired) electrons. The Bertz CT molecular complexity index is 2100. The molecule has 0 aliphatic heterocycles. The minimum Gasteiger partial charge on any atom is -0.497 e. The number of alkyl halides is 6. The van der Waals surface area contributed by atoms with E-state index in [1.165, 1.54) is 26.4 Å². The molecule has 6 aromatic rings. The molecular formula is C39H24Br2F6O2S2. The summed E-state index contributed by atoms with van der Waals surface area (Å²) in [6.45, 7) is 0. The normalized spacial score (nSPS) is 16.0. The van der Waals surface area contributed by atoms with Crippen LogP contribution in [0.1, 0.15) is 11.1 Å². The summed E-state index contributed by atoms with van der Waals surface area (Å²) in [4.78, 5) is 1.12. The van der Waals surface area contributed by atoms with E-state index in [1.807, 2.05) is 0 Å². The highest BCUT2D eigenvalue weighted by molar-refractivity contribution is 9.10. The van der Waals surface area contributed by atoms with Crippen molar-refractivity contribution in [2.24, 2.45) is 0 Å². The molecule has 0 spiro atoms. The van der Waals surface area contributed by atoms with Crippen LogP contribution in [0.15, 0.2) is 118 Å². The SMILES string of the molecule is COc1ccc(-c2sc(-c3ccc(Br)cc3)cc2C2=C(c3cc(-c4ccc(Br)cc4)sc3-c3ccc(OC)cc3)C(F)(F)C(F)(F)C2(F)F)cc1. The van der Waals surface area contributed by atoms with Crippen LogP contribution in [0.25, 0.3) is 52.9 Å². The number of hydrogen-bond donors (Lipinski definition) is 0. The largest absolute Gasteiger partial charge is 0.497 e. The van der Waals surface area contributed by atoms with Crippen LogP contribution in [0.4, 0.5) is 26.3 Å². The molecule has 1 aliphatic rings. The van der Waals surface area contributed by atoms with Gasteiger partial charge in [0.25, 0.3) is 0 Å². The first-order valence-electron chi connectivity index (χ1n) is 15.2. The molecule has 2 heterocycles. The fraction of sp³-hybridized carbons (Fsp3) is 0.128. The van der Waals surface area contributed by atoms with Gasteiger partial charge in [-0.25, -0.2) is 0 Å². The number of methoxy groups -OCH3 is 2. The van der Waals surface area contributed by atoms with Crippen molar-refractivity contribution in [1.82, 2.24) is 0 Å². The van der Waals surface area contributed by atoms with E-state index < -0.39 is 40.0 Å². The summed E-state index contributed by atoms with van der Waals surface area (Å²) in [6, 6.07) is 29.2. The molecule has 0 fully saturated rings. The second-order valence-electron chi connectivity index (χ2n) is 11.7. The van der Waals surface area contributed by atoms with Gasteiger partial charge in [0.2, 0.25) is 0 Å². The van der Waals surface area contributed by atoms with Crippen LogP contribution in [-0.4, -0.2) is 32.0 Å². The Hall–Kier alpha value is -3.84. The maximum absolute atomic E-state index is 16.5. The van der Waals surface area contributed by atoms with E-state index in [0.717, 1.165) is 31.6 Å². The third-order valence-electron chi connectivity index (χ3n) is 8.63. The van der Waals surface area contributed by atoms with Gasteiger partial charge in [-0.05, 0) is 107 Å². The van der Waals surface area contributed by atoms with Gasteiger partial charge in [0.05, 0.1) is 14.2 Å². The lowest BCUT2D eigenvalue weighted by molar-refractivity contribution is -0.254. The van der Waals surface area contributed by atoms with Gasteiger partial charge in [0, 0.05) is 50.7 Å². The standard InChI is InChI=1S/C39H24Br2F6O2S2/c1-48-27-15-7-23(8-16-27)35-29(19-31(50-35)21-3-11-25(40)12-4-21)33-34(38(44,45)39(46,47)37(33,42)43)30-20-32(22-5-13-26(41)14-6-22)51-36(30)24-9-17-28(49-2)18-10-24/h3-20H,1-2H3. The summed E-state index contributed by atoms with van der Waals surface area (Å²) in [6.07, 6.45) is 0. The average Bonchev–Trinajstić information content (AvgIpc) is 3.78. The fourth-order valence-electron chi connectivity index (χ4n) is 6.01. The number of hydrogen-bond acceptors (Lipinski definition) is 4. The Morgan fingerprint density at radius 2 is 0.784 bits per heavy atom. The molecule has 0 atom stereocenters. The van der Waals surface area contributed by atoms with Gasteiger partial charge in [-0.1, -0.05) is 56.1 Å². The predicted molar refractivity (Wildman–Crippen MR) is 201 cm³/mol. The Kier molecular flexibility index (Phi) is 9.27. The van der Waals surface area contributed by atoms with Crippen LogP contribution < -0.4 is 9.47 Å². The summed E-state index contributed by atoms with van der Waals surface area (Å²) in [5.41, 5.74) is -1.71. The topological polar surface area (TPSA) is 18.5 Å². The zero-order chi connectivity index (χ0) is 36.3. The maximum Gasteiger partial charge on any atom is 0.380 e. The molecule has 1 aliphatic carbocycles. The van der Waals surface area contributed by atoms with Gasteiger partial charge in [-0.15, -0.1) is 22.7 Å². The monoisotopic (exact) mass is 860 g/mol. The lowest BCUT2D eigenvalue weighted by Gasteiger charge is -2.26. The third kappa shape index (κ3) is 6.03. The minimum absolute atomic E-state index is 0.130. The summed E-state index contributed by atoms with van der Waals surface area (Å²) in [5.74, 6) is -15.3. The minimum atomic E-state index is -5.75. The second-order valence-corrected chi connectivity index (χ2v) is 15.6. The van der Waals surface area contributed by atoms with Gasteiger partial charge in [0.1, 0.15) is 11.5 Å². The van der Waals surface area contributed by atoms with Gasteiger partial charge < -0.3 is 9.47 Å². The second kappa shape index (κ2) is 13.3. The van der Waals surface area contributed by atoms with Crippen molar-refractivity contribution in [2.45, 2.75) is 17.8 Å². The zero-order valence-electron chi connectivity index (χ0n) is 26.5. The van der Waals surface area contributed by atoms with Crippen molar-refractivity contribution in [2.75, 3.05) is 14.2 Å². The molecule has 0 unspecified atom stereocenters. The number of thiophene rings is 2. The number of rotatable bonds is 8. The molecule has 2 nitrogen and oxygen atoms in total. The zero-order valence-corrected chi connectivity index (χ0v) is 31.4. The summed E-state index contributed by atoms with van der Waals surface area (Å²) in [7, 11) is 2.92. The molecule has 0 N–H and O–H groups in total. The molecule has 12 heteroatoms. The summed E-state index contributed by atoms with van der Waals surface area (Å²) in [5, 5.41) is 0. The molecule has 260 valence electrons. The highest BCUT2D eigenvalue weighted by Gasteiger charge is 2.80. The van der Waals surface area contributed by atoms with Crippen LogP contribution in [-0.2, 0) is 0 Å². The Morgan fingerprint density at radius 1 is 0.471 bits per heavy atom. The molecule has 0 amide bonds. The van der Waals surface area contributed by atoms with Crippen LogP contribution >= 0.6 is 54.5 Å². The summed E-state index contributed by atoms with van der Waals surface area (Å²) < 4.78 is 110. The van der Waals surface area contributed by atoms with E-state index in [0.29, 0.717) is 43.5 Å². The molecule has 51 heavy (non-hydrogen) atoms. The molecule has 0 saturated carbocycles. The van der Waals surface area contributed by atoms with E-state index in [2.05, 4.69) is 31.9 Å². The van der Waals surface area contributed by atoms with Crippen molar-refractivity contribution < 1.29 is 35.8 Å². The average molecular weight is 863 g/mol. The molecule has 0 bridgehead atoms. The molecule has 0 saturated heterocycles. The Morgan fingerprint density at radius 3 is 1.10 bits per heavy atom. The smallest absolute Gasteiger partial charge is 0.380 e. The van der Waals surface area contributed by atoms with Crippen LogP contribution in [0.2, 0.25) is 0 Å². The lowest BCUT2D eigenvalue weighted by atomic mass is 9.92. The first kappa shape index (κ1) is 35.6. The highest BCUT2D eigenvalue weighted by Crippen LogP contribution is 2.67. The maximum atomic E-state index is 16.5. The van der Waals surface area contributed by atoms with E-state index in [4.69, 9.17) is 9.47 Å². The van der Waals surface area contributed by atoms with Crippen molar-refractivity contribution in [3.63, 3.8) is 0 Å². The van der Waals surface area contributed by atoms with Gasteiger partial charge in [-0.2, -0.15) is 26.3 Å². The Labute approximate surface area is 314 Å². The van der Waals surface area contributed by atoms with Crippen molar-refractivity contribution in [3.05, 3.63) is 129 Å². The molecule has 2 aromatic heterocycles. The van der Waals surface area contributed by atoms with Gasteiger partial charge in [-0.3, -0.25) is 0 Å². The fourth-order valence-corrected chi connectivity index (χ4v) is 8.89. The number of halogens is 8. The third-order valence-corrected chi connectivity index (χ3v) is 12.2. The van der Waals surface area contributed by atoms with Crippen molar-refractivity contribution in [1.29, 1.82) is 0 Å². The van der Waals surface area contributed by atoms with E-state index >= 15 is 26.3 Å². The van der Waals surface area contributed by atoms with Crippen molar-refractivity contribution in [3.8, 4) is 53.3 Å². The first-order valence-corrected chi connectivity index (χ1v) is 18.5. The Balaban J connectivity index is 1.57. The highest BCUT2D eigenvalue weighted by atomic mass is 79.9. The number of ether oxygens (including phenoxy) is 2. The van der Waals surface area contributed by atoms with Gasteiger partial charge in [0.15, 0.2) is 0 Å². The molecular weight excluding hydrogens is 838 g/mol. The van der Waals surface area contributed by atoms with Gasteiger partial charge >= 0.3 is 17.8 Å². The lowest BCUT2D eigenvalue weighted by Crippen LogP contribution is -2.48. The molecule has 4 aromatic carbocycles. The number of allylic oxidation sites excluding steroid dienone is 2. The quantitative estimate of drug-likeness (QED) is 0.142. The summed E-state index contributed by atoms with van der Waals surface area (Å²) >= 11 is 8.86. The number of benzene rings is 4. The van der Waals surface area contributed by atoms with Crippen LogP contribution in [0.3, 0.4) is 0 Å². The first-order chi connectivity index (χ1) is 24.3. The van der Waals surface area contributed by atoms with Crippen LogP contribution in [0, 0.1) is 0 Å². The van der Waals surface area contributed by atoms with E-state index in [9.17, 15) is 0 Å². The van der Waals surface area contributed by atoms with Crippen molar-refractivity contribution >= 4 is 65.7 Å². The van der Waals surface area contributed by atoms with Crippen LogP contribution in [0.5, 0.6) is 11.5 Å². The van der Waals surface area contributed by atoms with E-state index in [-0.39, 0.29) is 9.75 Å². The predicted octanol–water partition coefficient (Wildman–Crippen LogP) is 13.9.